The lowest BCUT2D eigenvalue weighted by molar-refractivity contribution is -0.349. The van der Waals surface area contributed by atoms with Gasteiger partial charge in [-0.1, -0.05) is 6.92 Å². The molecule has 6 fully saturated rings. The molecule has 15 heteroatoms. The Hall–Kier alpha value is -1.60. The maximum absolute atomic E-state index is 13.2. The predicted molar refractivity (Wildman–Crippen MR) is 167 cm³/mol. The van der Waals surface area contributed by atoms with Crippen molar-refractivity contribution in [1.82, 2.24) is 0 Å². The zero-order valence-electron chi connectivity index (χ0n) is 28.3. The number of aliphatic hydroxyl groups is 8. The Balaban J connectivity index is 1.01. The van der Waals surface area contributed by atoms with Crippen LogP contribution in [0.3, 0.4) is 0 Å². The van der Waals surface area contributed by atoms with Crippen LogP contribution in [0.25, 0.3) is 0 Å². The second-order valence-electron chi connectivity index (χ2n) is 16.1. The monoisotopic (exact) mass is 712 g/mol. The molecule has 0 aromatic carbocycles. The first-order chi connectivity index (χ1) is 23.7. The van der Waals surface area contributed by atoms with Gasteiger partial charge in [0, 0.05) is 24.3 Å². The number of rotatable bonds is 8. The molecule has 4 saturated carbocycles. The van der Waals surface area contributed by atoms with Crippen LogP contribution in [0.15, 0.2) is 11.6 Å². The first kappa shape index (κ1) is 36.7. The third-order valence-electron chi connectivity index (χ3n) is 14.0. The van der Waals surface area contributed by atoms with Crippen molar-refractivity contribution in [2.24, 2.45) is 28.6 Å². The summed E-state index contributed by atoms with van der Waals surface area (Å²) in [7, 11) is 0. The minimum absolute atomic E-state index is 0.00724. The van der Waals surface area contributed by atoms with Gasteiger partial charge >= 0.3 is 5.97 Å². The van der Waals surface area contributed by atoms with Crippen LogP contribution in [0.4, 0.5) is 0 Å². The molecule has 0 unspecified atom stereocenters. The number of fused-ring (bicyclic) bond motifs is 5. The minimum atomic E-state index is -1.71. The number of hydrogen-bond acceptors (Lipinski definition) is 15. The van der Waals surface area contributed by atoms with Crippen molar-refractivity contribution in [3.05, 3.63) is 11.6 Å². The molecule has 3 heterocycles. The smallest absolute Gasteiger partial charge is 0.331 e. The summed E-state index contributed by atoms with van der Waals surface area (Å²) in [5.41, 5.74) is -3.10. The summed E-state index contributed by atoms with van der Waals surface area (Å²) in [5.74, 6) is -0.780. The molecule has 2 saturated heterocycles. The van der Waals surface area contributed by atoms with Crippen molar-refractivity contribution in [2.75, 3.05) is 19.8 Å². The zero-order valence-corrected chi connectivity index (χ0v) is 28.3. The van der Waals surface area contributed by atoms with Crippen molar-refractivity contribution in [3.63, 3.8) is 0 Å². The summed E-state index contributed by atoms with van der Waals surface area (Å²) in [4.78, 5) is 25.1. The third-order valence-corrected chi connectivity index (χ3v) is 14.0. The van der Waals surface area contributed by atoms with E-state index in [-0.39, 0.29) is 43.2 Å². The average Bonchev–Trinajstić information content (AvgIpc) is 3.64. The van der Waals surface area contributed by atoms with E-state index in [1.54, 1.807) is 6.08 Å². The topological polar surface area (TPSA) is 242 Å². The van der Waals surface area contributed by atoms with Crippen molar-refractivity contribution in [3.8, 4) is 0 Å². The van der Waals surface area contributed by atoms with Crippen molar-refractivity contribution < 1.29 is 74.1 Å². The molecule has 8 N–H and O–H groups in total. The van der Waals surface area contributed by atoms with Gasteiger partial charge in [0.1, 0.15) is 49.5 Å². The summed E-state index contributed by atoms with van der Waals surface area (Å²) in [6, 6.07) is 0. The molecule has 0 amide bonds. The average molecular weight is 713 g/mol. The third kappa shape index (κ3) is 5.54. The zero-order chi connectivity index (χ0) is 35.8. The summed E-state index contributed by atoms with van der Waals surface area (Å²) >= 11 is 0. The van der Waals surface area contributed by atoms with Gasteiger partial charge in [-0.15, -0.1) is 0 Å². The van der Waals surface area contributed by atoms with E-state index >= 15 is 0 Å². The predicted octanol–water partition coefficient (Wildman–Crippen LogP) is -1.42. The van der Waals surface area contributed by atoms with Gasteiger partial charge in [-0.3, -0.25) is 0 Å². The van der Waals surface area contributed by atoms with E-state index < -0.39 is 96.7 Å². The summed E-state index contributed by atoms with van der Waals surface area (Å²) in [5, 5.41) is 86.1. The van der Waals surface area contributed by atoms with Crippen LogP contribution in [0.2, 0.25) is 0 Å². The Kier molecular flexibility index (Phi) is 9.82. The molecular formula is C35H52O15. The Labute approximate surface area is 290 Å². The van der Waals surface area contributed by atoms with Crippen LogP contribution in [0, 0.1) is 28.6 Å². The Morgan fingerprint density at radius 3 is 2.30 bits per heavy atom. The largest absolute Gasteiger partial charge is 0.458 e. The lowest BCUT2D eigenvalue weighted by Crippen LogP contribution is -2.69. The maximum atomic E-state index is 13.2. The van der Waals surface area contributed by atoms with E-state index in [1.165, 1.54) is 0 Å². The van der Waals surface area contributed by atoms with Gasteiger partial charge in [-0.2, -0.15) is 0 Å². The van der Waals surface area contributed by atoms with E-state index in [9.17, 15) is 50.4 Å². The van der Waals surface area contributed by atoms with Gasteiger partial charge in [0.2, 0.25) is 0 Å². The molecule has 50 heavy (non-hydrogen) atoms. The molecular weight excluding hydrogens is 660 g/mol. The van der Waals surface area contributed by atoms with Crippen molar-refractivity contribution >= 4 is 12.3 Å². The number of esters is 1. The molecule has 3 aliphatic heterocycles. The van der Waals surface area contributed by atoms with Gasteiger partial charge in [0.25, 0.3) is 0 Å². The van der Waals surface area contributed by atoms with E-state index in [1.807, 2.05) is 0 Å². The van der Waals surface area contributed by atoms with Crippen molar-refractivity contribution in [2.45, 2.75) is 144 Å². The van der Waals surface area contributed by atoms with Crippen LogP contribution in [0.1, 0.15) is 71.1 Å². The van der Waals surface area contributed by atoms with E-state index in [2.05, 4.69) is 6.92 Å². The fourth-order valence-corrected chi connectivity index (χ4v) is 11.3. The van der Waals surface area contributed by atoms with Crippen LogP contribution in [-0.4, -0.2) is 146 Å². The fourth-order valence-electron chi connectivity index (χ4n) is 11.3. The highest BCUT2D eigenvalue weighted by atomic mass is 16.7. The van der Waals surface area contributed by atoms with E-state index in [0.29, 0.717) is 44.9 Å². The number of hydrogen-bond donors (Lipinski definition) is 8. The van der Waals surface area contributed by atoms with Crippen LogP contribution >= 0.6 is 0 Å². The first-order valence-electron chi connectivity index (χ1n) is 18.1. The molecule has 0 radical (unpaired) electrons. The second kappa shape index (κ2) is 13.4. The highest BCUT2D eigenvalue weighted by molar-refractivity contribution is 5.85. The van der Waals surface area contributed by atoms with Crippen molar-refractivity contribution in [1.29, 1.82) is 0 Å². The Morgan fingerprint density at radius 1 is 0.880 bits per heavy atom. The number of cyclic esters (lactones) is 1. The Morgan fingerprint density at radius 2 is 1.62 bits per heavy atom. The van der Waals surface area contributed by atoms with Crippen LogP contribution in [-0.2, 0) is 33.3 Å². The van der Waals surface area contributed by atoms with Gasteiger partial charge in [-0.05, 0) is 74.7 Å². The summed E-state index contributed by atoms with van der Waals surface area (Å²) in [6.45, 7) is 1.08. The van der Waals surface area contributed by atoms with Gasteiger partial charge in [0.05, 0.1) is 42.0 Å². The molecule has 17 atom stereocenters. The van der Waals surface area contributed by atoms with E-state index in [4.69, 9.17) is 23.7 Å². The maximum Gasteiger partial charge on any atom is 0.331 e. The molecule has 0 aromatic heterocycles. The highest BCUT2D eigenvalue weighted by Crippen LogP contribution is 2.70. The molecule has 0 bridgehead atoms. The lowest BCUT2D eigenvalue weighted by atomic mass is 9.41. The number of carbonyl (C=O) groups excluding carboxylic acids is 2. The second-order valence-corrected chi connectivity index (χ2v) is 16.1. The van der Waals surface area contributed by atoms with Gasteiger partial charge in [-0.25, -0.2) is 4.79 Å². The SMILES string of the molecule is C[C@@]12CC[C@H]3[C@@H](CC[C@]4(O)C[C@@H](O[C@H]5C[C@@H](O)[C@H](O[C@@H]6O[C@H](CO)[C@@H](O)[C@H](O)[C@H]6O)[C@@H](CO)O5)CC[C@]34C=O)[C@]1(O)CC[C@H]2C1=CC(=O)OC1. The molecule has 15 nitrogen and oxygen atoms in total. The van der Waals surface area contributed by atoms with Gasteiger partial charge in [0.15, 0.2) is 12.6 Å². The molecule has 7 rings (SSSR count). The Bertz CT molecular complexity index is 1330. The summed E-state index contributed by atoms with van der Waals surface area (Å²) in [6.07, 6.45) is -6.24. The minimum Gasteiger partial charge on any atom is -0.458 e. The summed E-state index contributed by atoms with van der Waals surface area (Å²) < 4.78 is 28.6. The standard InChI is InChI=1S/C35H52O15/c1-32-6-3-20-21(35(32,45)9-5-19(32)17-10-25(40)46-15-17)4-8-34(44)12-18(2-7-33(20,34)16-38)47-26-11-22(39)30(24(14-37)48-26)50-31-29(43)28(42)27(41)23(13-36)49-31/h10,16,18-24,26-31,36-37,39,41-45H,2-9,11-15H2,1H3/t18-,19-,20-,21+,22+,23+,24+,26+,27+,28-,29+,30-,31-,32-,33-,34-,35+/m0/s1. The van der Waals surface area contributed by atoms with Gasteiger partial charge < -0.3 is 69.3 Å². The number of aliphatic hydroxyl groups excluding tert-OH is 6. The normalized spacial score (nSPS) is 53.5. The molecule has 0 aromatic rings. The fraction of sp³-hybridized carbons (Fsp3) is 0.886. The van der Waals surface area contributed by atoms with Crippen LogP contribution < -0.4 is 0 Å². The quantitative estimate of drug-likeness (QED) is 0.0818. The number of ether oxygens (including phenoxy) is 5. The molecule has 4 aliphatic carbocycles. The van der Waals surface area contributed by atoms with Crippen LogP contribution in [0.5, 0.6) is 0 Å². The first-order valence-corrected chi connectivity index (χ1v) is 18.1. The number of aldehydes is 1. The number of carbonyl (C=O) groups is 2. The lowest BCUT2D eigenvalue weighted by Gasteiger charge is -2.65. The molecule has 0 spiro atoms. The molecule has 282 valence electrons. The highest BCUT2D eigenvalue weighted by Gasteiger charge is 2.71. The molecule has 7 aliphatic rings. The van der Waals surface area contributed by atoms with E-state index in [0.717, 1.165) is 18.3 Å².